The third-order valence-corrected chi connectivity index (χ3v) is 6.76. The van der Waals surface area contributed by atoms with Crippen LogP contribution >= 0.6 is 0 Å². The molecule has 29 heavy (non-hydrogen) atoms. The van der Waals surface area contributed by atoms with Gasteiger partial charge < -0.3 is 20.9 Å². The van der Waals surface area contributed by atoms with Crippen molar-refractivity contribution in [1.29, 1.82) is 0 Å². The maximum absolute atomic E-state index is 13.3. The van der Waals surface area contributed by atoms with Crippen molar-refractivity contribution >= 4 is 17.8 Å². The molecule has 4 amide bonds. The summed E-state index contributed by atoms with van der Waals surface area (Å²) in [7, 11) is 0. The molecular weight excluding hydrogens is 370 g/mol. The maximum Gasteiger partial charge on any atom is 0.315 e. The summed E-state index contributed by atoms with van der Waals surface area (Å²) < 4.78 is 0. The lowest BCUT2D eigenvalue weighted by Crippen LogP contribution is -2.63. The minimum atomic E-state index is -0.280. The van der Waals surface area contributed by atoms with Crippen LogP contribution in [0, 0.1) is 11.8 Å². The molecule has 0 aromatic heterocycles. The quantitative estimate of drug-likeness (QED) is 0.580. The van der Waals surface area contributed by atoms with Gasteiger partial charge in [-0.25, -0.2) is 4.79 Å². The lowest BCUT2D eigenvalue weighted by Gasteiger charge is -2.45. The minimum absolute atomic E-state index is 0.0203. The Kier molecular flexibility index (Phi) is 5.99. The highest BCUT2D eigenvalue weighted by molar-refractivity contribution is 5.86. The Balaban J connectivity index is 1.38. The van der Waals surface area contributed by atoms with E-state index in [9.17, 15) is 14.4 Å². The van der Waals surface area contributed by atoms with E-state index in [-0.39, 0.29) is 47.9 Å². The van der Waals surface area contributed by atoms with Crippen LogP contribution in [-0.4, -0.2) is 78.0 Å². The molecule has 0 spiro atoms. The van der Waals surface area contributed by atoms with Gasteiger partial charge in [0.1, 0.15) is 6.04 Å². The zero-order valence-corrected chi connectivity index (χ0v) is 17.7. The number of carbonyl (C=O) groups is 3. The first-order chi connectivity index (χ1) is 13.9. The molecule has 0 radical (unpaired) electrons. The molecule has 4 aliphatic rings. The second kappa shape index (κ2) is 8.50. The molecule has 2 saturated carbocycles. The molecule has 0 aromatic rings. The molecule has 2 saturated heterocycles. The Morgan fingerprint density at radius 2 is 1.90 bits per heavy atom. The lowest BCUT2D eigenvalue weighted by atomic mass is 9.84. The van der Waals surface area contributed by atoms with Gasteiger partial charge in [0.05, 0.1) is 6.04 Å². The van der Waals surface area contributed by atoms with Crippen molar-refractivity contribution in [3.63, 3.8) is 0 Å². The predicted octanol–water partition coefficient (Wildman–Crippen LogP) is 0.674. The fourth-order valence-electron chi connectivity index (χ4n) is 4.81. The molecular formula is C21H35N5O3. The number of urea groups is 1. The average molecular weight is 406 g/mol. The highest BCUT2D eigenvalue weighted by Gasteiger charge is 2.46. The van der Waals surface area contributed by atoms with Gasteiger partial charge >= 0.3 is 6.03 Å². The summed E-state index contributed by atoms with van der Waals surface area (Å²) >= 11 is 0. The summed E-state index contributed by atoms with van der Waals surface area (Å²) in [4.78, 5) is 41.8. The first-order valence-electron chi connectivity index (χ1n) is 11.3. The highest BCUT2D eigenvalue weighted by Crippen LogP contribution is 2.32. The van der Waals surface area contributed by atoms with E-state index in [2.05, 4.69) is 20.9 Å². The standard InChI is InChI=1S/C21H35N5O3/c1-13(2)23-21(29)24-16-8-17-12-25(10-14-4-3-5-14)18(20(28)26(17)11-16)9-22-19(27)15-6-7-15/h13-18H,3-12H2,1-2H3,(H,22,27)(H2,23,24,29)/t16-,17-,18-/m0/s1. The molecule has 0 unspecified atom stereocenters. The van der Waals surface area contributed by atoms with Gasteiger partial charge in [-0.1, -0.05) is 6.42 Å². The van der Waals surface area contributed by atoms with Crippen LogP contribution in [-0.2, 0) is 9.59 Å². The van der Waals surface area contributed by atoms with Crippen LogP contribution in [0.3, 0.4) is 0 Å². The van der Waals surface area contributed by atoms with Gasteiger partial charge in [0.15, 0.2) is 0 Å². The lowest BCUT2D eigenvalue weighted by molar-refractivity contribution is -0.144. The number of nitrogens with zero attached hydrogens (tertiary/aromatic N) is 2. The second-order valence-electron chi connectivity index (χ2n) is 9.64. The van der Waals surface area contributed by atoms with E-state index in [0.717, 1.165) is 32.4 Å². The Hall–Kier alpha value is -1.83. The molecule has 4 rings (SSSR count). The van der Waals surface area contributed by atoms with Crippen molar-refractivity contribution in [2.75, 3.05) is 26.2 Å². The summed E-state index contributed by atoms with van der Waals surface area (Å²) in [6, 6.07) is -0.247. The number of rotatable bonds is 7. The normalized spacial score (nSPS) is 30.1. The molecule has 162 valence electrons. The van der Waals surface area contributed by atoms with Crippen LogP contribution in [0.1, 0.15) is 52.4 Å². The monoisotopic (exact) mass is 405 g/mol. The summed E-state index contributed by atoms with van der Waals surface area (Å²) in [5, 5.41) is 8.90. The van der Waals surface area contributed by atoms with Crippen molar-refractivity contribution in [3.05, 3.63) is 0 Å². The van der Waals surface area contributed by atoms with E-state index < -0.39 is 0 Å². The van der Waals surface area contributed by atoms with Gasteiger partial charge in [0, 0.05) is 44.2 Å². The van der Waals surface area contributed by atoms with E-state index in [0.29, 0.717) is 19.0 Å². The van der Waals surface area contributed by atoms with E-state index in [1.165, 1.54) is 19.3 Å². The van der Waals surface area contributed by atoms with Crippen LogP contribution in [0.5, 0.6) is 0 Å². The highest BCUT2D eigenvalue weighted by atomic mass is 16.2. The summed E-state index contributed by atoms with van der Waals surface area (Å²) in [6.45, 7) is 6.58. The zero-order valence-electron chi connectivity index (χ0n) is 17.7. The van der Waals surface area contributed by atoms with Gasteiger partial charge in [-0.2, -0.15) is 0 Å². The molecule has 8 nitrogen and oxygen atoms in total. The second-order valence-corrected chi connectivity index (χ2v) is 9.64. The smallest absolute Gasteiger partial charge is 0.315 e. The Labute approximate surface area is 173 Å². The van der Waals surface area contributed by atoms with Crippen LogP contribution in [0.25, 0.3) is 0 Å². The summed E-state index contributed by atoms with van der Waals surface area (Å²) in [5.74, 6) is 1.02. The Morgan fingerprint density at radius 1 is 1.14 bits per heavy atom. The van der Waals surface area contributed by atoms with E-state index >= 15 is 0 Å². The average Bonchev–Trinajstić information content (AvgIpc) is 3.38. The van der Waals surface area contributed by atoms with E-state index in [4.69, 9.17) is 0 Å². The number of hydrogen-bond donors (Lipinski definition) is 3. The molecule has 2 heterocycles. The van der Waals surface area contributed by atoms with Crippen molar-refractivity contribution in [2.45, 2.75) is 76.5 Å². The van der Waals surface area contributed by atoms with Gasteiger partial charge in [-0.05, 0) is 51.9 Å². The molecule has 0 aromatic carbocycles. The maximum atomic E-state index is 13.3. The van der Waals surface area contributed by atoms with Crippen molar-refractivity contribution in [2.24, 2.45) is 11.8 Å². The van der Waals surface area contributed by atoms with Gasteiger partial charge in [-0.3, -0.25) is 14.5 Å². The van der Waals surface area contributed by atoms with Gasteiger partial charge in [-0.15, -0.1) is 0 Å². The summed E-state index contributed by atoms with van der Waals surface area (Å²) in [6.07, 6.45) is 6.48. The van der Waals surface area contributed by atoms with Crippen LogP contribution < -0.4 is 16.0 Å². The number of fused-ring (bicyclic) bond motifs is 1. The van der Waals surface area contributed by atoms with Crippen LogP contribution in [0.2, 0.25) is 0 Å². The predicted molar refractivity (Wildman–Crippen MR) is 109 cm³/mol. The third kappa shape index (κ3) is 4.85. The first kappa shape index (κ1) is 20.4. The fraction of sp³-hybridized carbons (Fsp3) is 0.857. The summed E-state index contributed by atoms with van der Waals surface area (Å²) in [5.41, 5.74) is 0. The fourth-order valence-corrected chi connectivity index (χ4v) is 4.81. The first-order valence-corrected chi connectivity index (χ1v) is 11.3. The topological polar surface area (TPSA) is 93.8 Å². The van der Waals surface area contributed by atoms with Gasteiger partial charge in [0.25, 0.3) is 0 Å². The van der Waals surface area contributed by atoms with Crippen molar-refractivity contribution < 1.29 is 14.4 Å². The number of nitrogens with one attached hydrogen (secondary N) is 3. The zero-order chi connectivity index (χ0) is 20.5. The van der Waals surface area contributed by atoms with Crippen molar-refractivity contribution in [1.82, 2.24) is 25.8 Å². The number of piperazine rings is 1. The minimum Gasteiger partial charge on any atom is -0.354 e. The van der Waals surface area contributed by atoms with Gasteiger partial charge in [0.2, 0.25) is 11.8 Å². The van der Waals surface area contributed by atoms with Crippen LogP contribution in [0.4, 0.5) is 4.79 Å². The molecule has 8 heteroatoms. The van der Waals surface area contributed by atoms with Crippen molar-refractivity contribution in [3.8, 4) is 0 Å². The van der Waals surface area contributed by atoms with E-state index in [1.54, 1.807) is 0 Å². The third-order valence-electron chi connectivity index (χ3n) is 6.76. The number of carbonyl (C=O) groups excluding carboxylic acids is 3. The largest absolute Gasteiger partial charge is 0.354 e. The molecule has 3 atom stereocenters. The molecule has 0 bridgehead atoms. The van der Waals surface area contributed by atoms with Crippen LogP contribution in [0.15, 0.2) is 0 Å². The number of hydrogen-bond acceptors (Lipinski definition) is 4. The Morgan fingerprint density at radius 3 is 2.52 bits per heavy atom. The number of amides is 4. The van der Waals surface area contributed by atoms with E-state index in [1.807, 2.05) is 18.7 Å². The Bertz CT molecular complexity index is 646. The molecule has 4 fully saturated rings. The molecule has 3 N–H and O–H groups in total. The molecule has 2 aliphatic heterocycles. The molecule has 2 aliphatic carbocycles. The SMILES string of the molecule is CC(C)NC(=O)N[C@H]1C[C@H]2CN(CC3CCC3)[C@@H](CNC(=O)C3CC3)C(=O)N2C1.